The summed E-state index contributed by atoms with van der Waals surface area (Å²) in [5.74, 6) is 0.298. The number of nitrogens with zero attached hydrogens (tertiary/aromatic N) is 2. The lowest BCUT2D eigenvalue weighted by Crippen LogP contribution is -2.31. The number of carbonyl (C=O) groups excluding carboxylic acids is 1. The van der Waals surface area contributed by atoms with Crippen molar-refractivity contribution in [3.63, 3.8) is 0 Å². The lowest BCUT2D eigenvalue weighted by atomic mass is 10.0. The number of nitrogens with two attached hydrogens (primary N) is 1. The van der Waals surface area contributed by atoms with E-state index in [2.05, 4.69) is 5.10 Å². The minimum Gasteiger partial charge on any atom is -0.467 e. The van der Waals surface area contributed by atoms with E-state index in [-0.39, 0.29) is 11.9 Å². The van der Waals surface area contributed by atoms with Gasteiger partial charge in [0.15, 0.2) is 0 Å². The molecule has 102 valence electrons. The summed E-state index contributed by atoms with van der Waals surface area (Å²) in [4.78, 5) is 11.5. The second-order valence-electron chi connectivity index (χ2n) is 4.47. The first-order valence-electron chi connectivity index (χ1n) is 6.10. The Morgan fingerprint density at radius 3 is 2.70 bits per heavy atom. The van der Waals surface area contributed by atoms with Gasteiger partial charge < -0.3 is 10.2 Å². The third kappa shape index (κ3) is 2.16. The number of furan rings is 1. The van der Waals surface area contributed by atoms with Crippen LogP contribution in [0.3, 0.4) is 0 Å². The zero-order chi connectivity index (χ0) is 14.1. The van der Waals surface area contributed by atoms with Gasteiger partial charge in [-0.1, -0.05) is 12.1 Å². The number of urea groups is 1. The highest BCUT2D eigenvalue weighted by molar-refractivity contribution is 6.02. The molecule has 0 radical (unpaired) electrons. The number of rotatable bonds is 2. The topological polar surface area (TPSA) is 71.8 Å². The number of halogens is 1. The van der Waals surface area contributed by atoms with E-state index < -0.39 is 6.03 Å². The molecule has 1 aliphatic rings. The number of benzene rings is 1. The van der Waals surface area contributed by atoms with E-state index >= 15 is 0 Å². The Labute approximate surface area is 114 Å². The summed E-state index contributed by atoms with van der Waals surface area (Å²) in [6, 6.07) is 8.45. The molecule has 0 saturated heterocycles. The highest BCUT2D eigenvalue weighted by Gasteiger charge is 2.33. The smallest absolute Gasteiger partial charge is 0.335 e. The molecule has 5 nitrogen and oxygen atoms in total. The fourth-order valence-electron chi connectivity index (χ4n) is 2.23. The largest absolute Gasteiger partial charge is 0.467 e. The van der Waals surface area contributed by atoms with E-state index in [4.69, 9.17) is 10.2 Å². The quantitative estimate of drug-likeness (QED) is 0.913. The third-order valence-electron chi connectivity index (χ3n) is 3.19. The van der Waals surface area contributed by atoms with Crippen molar-refractivity contribution in [3.05, 3.63) is 59.8 Å². The Kier molecular flexibility index (Phi) is 2.98. The van der Waals surface area contributed by atoms with Gasteiger partial charge in [-0.2, -0.15) is 5.10 Å². The normalized spacial score (nSPS) is 18.1. The second-order valence-corrected chi connectivity index (χ2v) is 4.47. The van der Waals surface area contributed by atoms with Crippen molar-refractivity contribution in [2.24, 2.45) is 10.8 Å². The summed E-state index contributed by atoms with van der Waals surface area (Å²) < 4.78 is 18.3. The van der Waals surface area contributed by atoms with Crippen LogP contribution in [0.5, 0.6) is 0 Å². The van der Waals surface area contributed by atoms with Crippen LogP contribution >= 0.6 is 0 Å². The van der Waals surface area contributed by atoms with Gasteiger partial charge in [0.1, 0.15) is 17.6 Å². The molecule has 3 rings (SSSR count). The van der Waals surface area contributed by atoms with Gasteiger partial charge in [0.2, 0.25) is 0 Å². The van der Waals surface area contributed by atoms with E-state index in [0.29, 0.717) is 17.9 Å². The van der Waals surface area contributed by atoms with Crippen LogP contribution in [-0.2, 0) is 0 Å². The number of primary amides is 1. The van der Waals surface area contributed by atoms with Crippen LogP contribution in [-0.4, -0.2) is 16.8 Å². The van der Waals surface area contributed by atoms with E-state index in [0.717, 1.165) is 5.56 Å². The lowest BCUT2D eigenvalue weighted by molar-refractivity contribution is 0.188. The van der Waals surface area contributed by atoms with Crippen LogP contribution in [0.15, 0.2) is 52.2 Å². The van der Waals surface area contributed by atoms with Gasteiger partial charge in [-0.25, -0.2) is 14.2 Å². The fraction of sp³-hybridized carbons (Fsp3) is 0.143. The molecule has 2 N–H and O–H groups in total. The maximum Gasteiger partial charge on any atom is 0.335 e. The van der Waals surface area contributed by atoms with Crippen molar-refractivity contribution in [2.75, 3.05) is 0 Å². The van der Waals surface area contributed by atoms with E-state index in [1.165, 1.54) is 23.4 Å². The molecule has 0 saturated carbocycles. The summed E-state index contributed by atoms with van der Waals surface area (Å²) in [5.41, 5.74) is 6.76. The van der Waals surface area contributed by atoms with Crippen LogP contribution in [0.1, 0.15) is 23.8 Å². The van der Waals surface area contributed by atoms with Crippen molar-refractivity contribution in [3.8, 4) is 0 Å². The highest BCUT2D eigenvalue weighted by atomic mass is 19.1. The Hall–Kier alpha value is -2.63. The zero-order valence-electron chi connectivity index (χ0n) is 10.5. The van der Waals surface area contributed by atoms with Crippen molar-refractivity contribution in [1.82, 2.24) is 5.01 Å². The summed E-state index contributed by atoms with van der Waals surface area (Å²) in [7, 11) is 0. The number of amides is 2. The molecule has 2 amide bonds. The number of hydrogen-bond donors (Lipinski definition) is 1. The Balaban J connectivity index is 1.92. The molecular weight excluding hydrogens is 261 g/mol. The van der Waals surface area contributed by atoms with Crippen LogP contribution in [0.2, 0.25) is 0 Å². The molecule has 1 aromatic heterocycles. The Morgan fingerprint density at radius 2 is 2.10 bits per heavy atom. The van der Waals surface area contributed by atoms with Crippen LogP contribution < -0.4 is 5.73 Å². The van der Waals surface area contributed by atoms with Crippen molar-refractivity contribution >= 4 is 11.7 Å². The standard InChI is InChI=1S/C14H12FN3O2/c15-10-5-3-9(4-6-10)11-8-12(13-2-1-7-20-13)18(17-11)14(16)19/h1-7,12H,8H2,(H2,16,19)/t12-/m1/s1. The number of hydrogen-bond acceptors (Lipinski definition) is 3. The van der Waals surface area contributed by atoms with Gasteiger partial charge in [0.25, 0.3) is 0 Å². The summed E-state index contributed by atoms with van der Waals surface area (Å²) in [5, 5.41) is 5.41. The predicted octanol–water partition coefficient (Wildman–Crippen LogP) is 2.65. The molecular formula is C14H12FN3O2. The molecule has 2 aromatic rings. The molecule has 1 atom stereocenters. The van der Waals surface area contributed by atoms with Gasteiger partial charge in [-0.15, -0.1) is 0 Å². The number of carbonyl (C=O) groups is 1. The molecule has 0 spiro atoms. The van der Waals surface area contributed by atoms with Crippen LogP contribution in [0.4, 0.5) is 9.18 Å². The minimum absolute atomic E-state index is 0.318. The summed E-state index contributed by atoms with van der Waals surface area (Å²) in [6.45, 7) is 0. The molecule has 6 heteroatoms. The molecule has 2 heterocycles. The van der Waals surface area contributed by atoms with Crippen molar-refractivity contribution in [2.45, 2.75) is 12.5 Å². The van der Waals surface area contributed by atoms with Crippen LogP contribution in [0, 0.1) is 5.82 Å². The highest BCUT2D eigenvalue weighted by Crippen LogP contribution is 2.32. The van der Waals surface area contributed by atoms with E-state index in [1.54, 1.807) is 24.3 Å². The average Bonchev–Trinajstić information content (AvgIpc) is 3.08. The molecule has 20 heavy (non-hydrogen) atoms. The maximum absolute atomic E-state index is 12.9. The molecule has 0 fully saturated rings. The van der Waals surface area contributed by atoms with E-state index in [1.807, 2.05) is 0 Å². The van der Waals surface area contributed by atoms with Crippen molar-refractivity contribution < 1.29 is 13.6 Å². The predicted molar refractivity (Wildman–Crippen MR) is 70.4 cm³/mol. The monoisotopic (exact) mass is 273 g/mol. The van der Waals surface area contributed by atoms with Crippen molar-refractivity contribution in [1.29, 1.82) is 0 Å². The van der Waals surface area contributed by atoms with Gasteiger partial charge in [-0.3, -0.25) is 0 Å². The Bertz CT molecular complexity index is 650. The first-order valence-corrected chi connectivity index (χ1v) is 6.10. The molecule has 0 aliphatic carbocycles. The molecule has 1 aromatic carbocycles. The van der Waals surface area contributed by atoms with Crippen LogP contribution in [0.25, 0.3) is 0 Å². The average molecular weight is 273 g/mol. The summed E-state index contributed by atoms with van der Waals surface area (Å²) >= 11 is 0. The fourth-order valence-corrected chi connectivity index (χ4v) is 2.23. The van der Waals surface area contributed by atoms with Gasteiger partial charge >= 0.3 is 6.03 Å². The van der Waals surface area contributed by atoms with Gasteiger partial charge in [0, 0.05) is 6.42 Å². The first-order chi connectivity index (χ1) is 9.65. The third-order valence-corrected chi connectivity index (χ3v) is 3.19. The zero-order valence-corrected chi connectivity index (χ0v) is 10.5. The number of hydrazone groups is 1. The lowest BCUT2D eigenvalue weighted by Gasteiger charge is -2.16. The van der Waals surface area contributed by atoms with Gasteiger partial charge in [-0.05, 0) is 29.8 Å². The van der Waals surface area contributed by atoms with Gasteiger partial charge in [0.05, 0.1) is 12.0 Å². The maximum atomic E-state index is 12.9. The SMILES string of the molecule is NC(=O)N1N=C(c2ccc(F)cc2)C[C@@H]1c1ccco1. The first kappa shape index (κ1) is 12.4. The minimum atomic E-state index is -0.650. The second kappa shape index (κ2) is 4.80. The van der Waals surface area contributed by atoms with E-state index in [9.17, 15) is 9.18 Å². The Morgan fingerprint density at radius 1 is 1.35 bits per heavy atom. The summed E-state index contributed by atoms with van der Waals surface area (Å²) in [6.07, 6.45) is 2.01. The molecule has 0 unspecified atom stereocenters. The molecule has 0 bridgehead atoms. The molecule has 1 aliphatic heterocycles.